The number of rotatable bonds is 2. The van der Waals surface area contributed by atoms with Gasteiger partial charge in [-0.3, -0.25) is 0 Å². The predicted molar refractivity (Wildman–Crippen MR) is 103 cm³/mol. The molecule has 4 amide bonds. The molecule has 2 aromatic rings. The minimum atomic E-state index is -0.173. The maximum atomic E-state index is 12.6. The number of nitrogens with zero attached hydrogens (tertiary/aromatic N) is 5. The summed E-state index contributed by atoms with van der Waals surface area (Å²) in [6, 6.07) is 7.20. The molecule has 9 nitrogen and oxygen atoms in total. The Balaban J connectivity index is 1.31. The van der Waals surface area contributed by atoms with Gasteiger partial charge in [-0.05, 0) is 37.5 Å². The molecule has 0 bridgehead atoms. The first-order valence-corrected chi connectivity index (χ1v) is 9.67. The number of piperidine rings is 1. The SMILES string of the molecule is O=C(Nc1cccc(-c2nnco2)c1)N1CCN(C(=O)N2CCCCC2)CC1. The van der Waals surface area contributed by atoms with Gasteiger partial charge in [0.15, 0.2) is 0 Å². The number of piperazine rings is 1. The first-order chi connectivity index (χ1) is 13.7. The standard InChI is InChI=1S/C19H24N6O3/c26-18(21-16-6-4-5-15(13-16)17-22-20-14-28-17)23-9-11-25(12-10-23)19(27)24-7-2-1-3-8-24/h4-6,13-14H,1-3,7-12H2,(H,21,26). The van der Waals surface area contributed by atoms with Gasteiger partial charge in [0.2, 0.25) is 12.3 Å². The van der Waals surface area contributed by atoms with Crippen LogP contribution in [0.5, 0.6) is 0 Å². The first-order valence-electron chi connectivity index (χ1n) is 9.67. The van der Waals surface area contributed by atoms with Gasteiger partial charge in [0, 0.05) is 50.5 Å². The third-order valence-corrected chi connectivity index (χ3v) is 5.18. The Morgan fingerprint density at radius 2 is 1.64 bits per heavy atom. The first kappa shape index (κ1) is 18.3. The van der Waals surface area contributed by atoms with Crippen molar-refractivity contribution in [3.05, 3.63) is 30.7 Å². The quantitative estimate of drug-likeness (QED) is 0.858. The van der Waals surface area contributed by atoms with Crippen molar-refractivity contribution in [2.75, 3.05) is 44.6 Å². The Bertz CT molecular complexity index is 811. The highest BCUT2D eigenvalue weighted by atomic mass is 16.4. The number of amides is 4. The Morgan fingerprint density at radius 3 is 2.36 bits per heavy atom. The second kappa shape index (κ2) is 8.28. The monoisotopic (exact) mass is 384 g/mol. The van der Waals surface area contributed by atoms with Crippen molar-refractivity contribution in [3.63, 3.8) is 0 Å². The highest BCUT2D eigenvalue weighted by Gasteiger charge is 2.27. The lowest BCUT2D eigenvalue weighted by atomic mass is 10.1. The van der Waals surface area contributed by atoms with Crippen LogP contribution in [-0.4, -0.2) is 76.2 Å². The lowest BCUT2D eigenvalue weighted by molar-refractivity contribution is 0.116. The molecule has 4 rings (SSSR count). The maximum Gasteiger partial charge on any atom is 0.321 e. The Kier molecular flexibility index (Phi) is 5.41. The molecule has 0 radical (unpaired) electrons. The minimum Gasteiger partial charge on any atom is -0.423 e. The van der Waals surface area contributed by atoms with Gasteiger partial charge in [0.05, 0.1) is 0 Å². The van der Waals surface area contributed by atoms with E-state index in [9.17, 15) is 9.59 Å². The van der Waals surface area contributed by atoms with Crippen LogP contribution >= 0.6 is 0 Å². The second-order valence-corrected chi connectivity index (χ2v) is 7.06. The summed E-state index contributed by atoms with van der Waals surface area (Å²) in [4.78, 5) is 30.7. The Labute approximate surface area is 163 Å². The van der Waals surface area contributed by atoms with Crippen LogP contribution in [0.1, 0.15) is 19.3 Å². The van der Waals surface area contributed by atoms with Crippen LogP contribution in [-0.2, 0) is 0 Å². The number of carbonyl (C=O) groups excluding carboxylic acids is 2. The van der Waals surface area contributed by atoms with Gasteiger partial charge < -0.3 is 24.4 Å². The van der Waals surface area contributed by atoms with E-state index < -0.39 is 0 Å². The molecule has 9 heteroatoms. The zero-order valence-corrected chi connectivity index (χ0v) is 15.7. The van der Waals surface area contributed by atoms with Gasteiger partial charge in [0.25, 0.3) is 0 Å². The molecule has 148 valence electrons. The molecule has 1 aromatic heterocycles. The molecule has 0 aliphatic carbocycles. The molecule has 2 saturated heterocycles. The summed E-state index contributed by atoms with van der Waals surface area (Å²) < 4.78 is 5.19. The van der Waals surface area contributed by atoms with E-state index in [4.69, 9.17) is 4.42 Å². The Morgan fingerprint density at radius 1 is 0.929 bits per heavy atom. The summed E-state index contributed by atoms with van der Waals surface area (Å²) in [7, 11) is 0. The number of hydrogen-bond donors (Lipinski definition) is 1. The maximum absolute atomic E-state index is 12.6. The van der Waals surface area contributed by atoms with Gasteiger partial charge in [-0.1, -0.05) is 6.07 Å². The smallest absolute Gasteiger partial charge is 0.321 e. The van der Waals surface area contributed by atoms with Gasteiger partial charge in [-0.15, -0.1) is 10.2 Å². The molecule has 3 heterocycles. The molecule has 28 heavy (non-hydrogen) atoms. The van der Waals surface area contributed by atoms with Crippen LogP contribution in [0.25, 0.3) is 11.5 Å². The van der Waals surface area contributed by atoms with Crippen LogP contribution in [0.3, 0.4) is 0 Å². The van der Waals surface area contributed by atoms with E-state index in [1.807, 2.05) is 28.0 Å². The minimum absolute atomic E-state index is 0.104. The molecular formula is C19H24N6O3. The van der Waals surface area contributed by atoms with Crippen molar-refractivity contribution in [2.24, 2.45) is 0 Å². The van der Waals surface area contributed by atoms with E-state index in [0.29, 0.717) is 37.8 Å². The number of nitrogens with one attached hydrogen (secondary N) is 1. The molecule has 2 fully saturated rings. The molecule has 1 N–H and O–H groups in total. The fourth-order valence-corrected chi connectivity index (χ4v) is 3.62. The van der Waals surface area contributed by atoms with E-state index in [2.05, 4.69) is 15.5 Å². The number of aromatic nitrogens is 2. The van der Waals surface area contributed by atoms with Gasteiger partial charge in [0.1, 0.15) is 0 Å². The van der Waals surface area contributed by atoms with Gasteiger partial charge in [-0.2, -0.15) is 0 Å². The van der Waals surface area contributed by atoms with Crippen LogP contribution in [0.4, 0.5) is 15.3 Å². The van der Waals surface area contributed by atoms with E-state index in [1.165, 1.54) is 12.8 Å². The van der Waals surface area contributed by atoms with Crippen molar-refractivity contribution in [1.82, 2.24) is 24.9 Å². The average Bonchev–Trinajstić information content (AvgIpc) is 3.29. The molecule has 2 aliphatic heterocycles. The van der Waals surface area contributed by atoms with Crippen molar-refractivity contribution < 1.29 is 14.0 Å². The molecule has 1 aromatic carbocycles. The van der Waals surface area contributed by atoms with Crippen LogP contribution in [0, 0.1) is 0 Å². The zero-order chi connectivity index (χ0) is 19.3. The highest BCUT2D eigenvalue weighted by molar-refractivity contribution is 5.90. The number of anilines is 1. The molecule has 2 aliphatic rings. The van der Waals surface area contributed by atoms with Crippen LogP contribution in [0.2, 0.25) is 0 Å². The van der Waals surface area contributed by atoms with Crippen molar-refractivity contribution in [2.45, 2.75) is 19.3 Å². The largest absolute Gasteiger partial charge is 0.423 e. The fourth-order valence-electron chi connectivity index (χ4n) is 3.62. The van der Waals surface area contributed by atoms with E-state index in [1.54, 1.807) is 11.0 Å². The second-order valence-electron chi connectivity index (χ2n) is 7.06. The summed E-state index contributed by atoms with van der Waals surface area (Å²) in [5.74, 6) is 0.404. The zero-order valence-electron chi connectivity index (χ0n) is 15.7. The molecule has 0 spiro atoms. The lowest BCUT2D eigenvalue weighted by Gasteiger charge is -2.38. The lowest BCUT2D eigenvalue weighted by Crippen LogP contribution is -2.55. The van der Waals surface area contributed by atoms with Crippen molar-refractivity contribution >= 4 is 17.7 Å². The molecular weight excluding hydrogens is 360 g/mol. The van der Waals surface area contributed by atoms with Crippen LogP contribution in [0.15, 0.2) is 35.1 Å². The number of urea groups is 2. The van der Waals surface area contributed by atoms with Gasteiger partial charge >= 0.3 is 12.1 Å². The summed E-state index contributed by atoms with van der Waals surface area (Å²) in [6.07, 6.45) is 4.63. The summed E-state index contributed by atoms with van der Waals surface area (Å²) >= 11 is 0. The van der Waals surface area contributed by atoms with Crippen molar-refractivity contribution in [1.29, 1.82) is 0 Å². The molecule has 0 atom stereocenters. The topological polar surface area (TPSA) is 94.8 Å². The number of carbonyl (C=O) groups is 2. The predicted octanol–water partition coefficient (Wildman–Crippen LogP) is 2.49. The van der Waals surface area contributed by atoms with E-state index >= 15 is 0 Å². The highest BCUT2D eigenvalue weighted by Crippen LogP contribution is 2.21. The van der Waals surface area contributed by atoms with E-state index in [0.717, 1.165) is 31.5 Å². The number of benzene rings is 1. The average molecular weight is 384 g/mol. The molecule has 0 saturated carbocycles. The summed E-state index contributed by atoms with van der Waals surface area (Å²) in [6.45, 7) is 3.85. The van der Waals surface area contributed by atoms with Gasteiger partial charge in [-0.25, -0.2) is 9.59 Å². The molecule has 0 unspecified atom stereocenters. The fraction of sp³-hybridized carbons (Fsp3) is 0.474. The normalized spacial score (nSPS) is 17.5. The van der Waals surface area contributed by atoms with Crippen molar-refractivity contribution in [3.8, 4) is 11.5 Å². The Hall–Kier alpha value is -3.10. The summed E-state index contributed by atoms with van der Waals surface area (Å²) in [5, 5.41) is 10.5. The summed E-state index contributed by atoms with van der Waals surface area (Å²) in [5.41, 5.74) is 1.40. The van der Waals surface area contributed by atoms with E-state index in [-0.39, 0.29) is 12.1 Å². The third-order valence-electron chi connectivity index (χ3n) is 5.18. The third kappa shape index (κ3) is 4.08. The number of likely N-dealkylation sites (tertiary alicyclic amines) is 1. The van der Waals surface area contributed by atoms with Crippen LogP contribution < -0.4 is 5.32 Å². The number of hydrogen-bond acceptors (Lipinski definition) is 5.